The molecule has 0 saturated carbocycles. The van der Waals surface area contributed by atoms with Crippen LogP contribution in [0.1, 0.15) is 13.8 Å². The van der Waals surface area contributed by atoms with Crippen LogP contribution >= 0.6 is 0 Å². The van der Waals surface area contributed by atoms with Gasteiger partial charge in [-0.1, -0.05) is 0 Å². The lowest BCUT2D eigenvalue weighted by atomic mass is 10.4. The monoisotopic (exact) mass is 281 g/mol. The van der Waals surface area contributed by atoms with Crippen molar-refractivity contribution in [3.05, 3.63) is 18.6 Å². The molecular weight excluding hydrogens is 262 g/mol. The lowest BCUT2D eigenvalue weighted by molar-refractivity contribution is 0.679. The zero-order valence-electron chi connectivity index (χ0n) is 11.4. The van der Waals surface area contributed by atoms with Crippen molar-refractivity contribution in [2.75, 3.05) is 30.0 Å². The van der Waals surface area contributed by atoms with Crippen LogP contribution in [0.15, 0.2) is 18.6 Å². The third-order valence-corrected chi connectivity index (χ3v) is 4.16. The first-order valence-electron chi connectivity index (χ1n) is 6.25. The van der Waals surface area contributed by atoms with Gasteiger partial charge in [-0.25, -0.2) is 9.97 Å². The molecule has 2 atom stereocenters. The Morgan fingerprint density at radius 1 is 1.47 bits per heavy atom. The van der Waals surface area contributed by atoms with Gasteiger partial charge in [0.2, 0.25) is 0 Å². The molecule has 7 heteroatoms. The zero-order valence-corrected chi connectivity index (χ0v) is 12.2. The van der Waals surface area contributed by atoms with Crippen LogP contribution in [0.3, 0.4) is 0 Å². The summed E-state index contributed by atoms with van der Waals surface area (Å²) in [6, 6.07) is 0. The smallest absolute Gasteiger partial charge is 0.180 e. The molecule has 0 radical (unpaired) electrons. The average Bonchev–Trinajstić information content (AvgIpc) is 2.84. The second-order valence-electron chi connectivity index (χ2n) is 4.35. The lowest BCUT2D eigenvalue weighted by Gasteiger charge is -2.12. The summed E-state index contributed by atoms with van der Waals surface area (Å²) in [7, 11) is -0.850. The lowest BCUT2D eigenvalue weighted by Crippen LogP contribution is -2.21. The van der Waals surface area contributed by atoms with Gasteiger partial charge in [-0.15, -0.1) is 0 Å². The number of anilines is 2. The van der Waals surface area contributed by atoms with Crippen LogP contribution in [-0.4, -0.2) is 43.2 Å². The molecule has 0 aliphatic carbocycles. The largest absolute Gasteiger partial charge is 0.369 e. The Morgan fingerprint density at radius 3 is 2.95 bits per heavy atom. The highest BCUT2D eigenvalue weighted by atomic mass is 32.2. The predicted molar refractivity (Wildman–Crippen MR) is 79.2 cm³/mol. The van der Waals surface area contributed by atoms with Crippen molar-refractivity contribution in [3.63, 3.8) is 0 Å². The normalized spacial score (nSPS) is 14.3. The first-order chi connectivity index (χ1) is 9.11. The summed E-state index contributed by atoms with van der Waals surface area (Å²) < 4.78 is 13.3. The van der Waals surface area contributed by atoms with E-state index in [0.29, 0.717) is 12.4 Å². The van der Waals surface area contributed by atoms with Crippen LogP contribution < -0.4 is 10.6 Å². The van der Waals surface area contributed by atoms with E-state index in [2.05, 4.69) is 20.6 Å². The van der Waals surface area contributed by atoms with E-state index in [0.717, 1.165) is 18.0 Å². The van der Waals surface area contributed by atoms with E-state index in [9.17, 15) is 4.21 Å². The van der Waals surface area contributed by atoms with E-state index in [-0.39, 0.29) is 5.25 Å². The van der Waals surface area contributed by atoms with Gasteiger partial charge in [0.25, 0.3) is 0 Å². The third-order valence-electron chi connectivity index (χ3n) is 2.86. The quantitative estimate of drug-likeness (QED) is 0.836. The topological polar surface area (TPSA) is 71.3 Å². The minimum Gasteiger partial charge on any atom is -0.369 e. The van der Waals surface area contributed by atoms with Gasteiger partial charge in [0.1, 0.15) is 5.82 Å². The summed E-state index contributed by atoms with van der Waals surface area (Å²) in [4.78, 5) is 8.77. The second kappa shape index (κ2) is 6.01. The number of nitrogens with zero attached hydrogens (tertiary/aromatic N) is 3. The van der Waals surface area contributed by atoms with Crippen LogP contribution in [0, 0.1) is 0 Å². The molecule has 0 fully saturated rings. The molecule has 0 aliphatic rings. The molecular formula is C12H19N5OS. The minimum atomic E-state index is -0.850. The van der Waals surface area contributed by atoms with Crippen molar-refractivity contribution in [1.29, 1.82) is 0 Å². The first-order valence-corrected chi connectivity index (χ1v) is 7.87. The van der Waals surface area contributed by atoms with E-state index in [1.165, 1.54) is 0 Å². The average molecular weight is 281 g/mol. The molecule has 0 amide bonds. The highest BCUT2D eigenvalue weighted by molar-refractivity contribution is 7.84. The molecule has 0 aliphatic heterocycles. The summed E-state index contributed by atoms with van der Waals surface area (Å²) in [5.74, 6) is 1.50. The van der Waals surface area contributed by atoms with Gasteiger partial charge >= 0.3 is 0 Å². The van der Waals surface area contributed by atoms with Gasteiger partial charge in [0, 0.05) is 47.8 Å². The number of imidazole rings is 1. The Labute approximate surface area is 115 Å². The van der Waals surface area contributed by atoms with Crippen molar-refractivity contribution in [2.24, 2.45) is 0 Å². The number of hydrogen-bond acceptors (Lipinski definition) is 5. The van der Waals surface area contributed by atoms with Crippen molar-refractivity contribution in [3.8, 4) is 0 Å². The molecule has 19 heavy (non-hydrogen) atoms. The SMILES string of the molecule is CCNc1cn2ccnc2c(NCC(C)S(C)=O)n1. The fraction of sp³-hybridized carbons (Fsp3) is 0.500. The minimum absolute atomic E-state index is 0.0691. The van der Waals surface area contributed by atoms with Crippen molar-refractivity contribution < 1.29 is 4.21 Å². The van der Waals surface area contributed by atoms with Crippen LogP contribution in [0.25, 0.3) is 5.65 Å². The van der Waals surface area contributed by atoms with Crippen LogP contribution in [0.4, 0.5) is 11.6 Å². The Morgan fingerprint density at radius 2 is 2.26 bits per heavy atom. The molecule has 2 rings (SSSR count). The van der Waals surface area contributed by atoms with Gasteiger partial charge in [-0.05, 0) is 13.8 Å². The van der Waals surface area contributed by atoms with Gasteiger partial charge in [0.15, 0.2) is 11.5 Å². The summed E-state index contributed by atoms with van der Waals surface area (Å²) in [6.07, 6.45) is 7.22. The number of aromatic nitrogens is 3. The van der Waals surface area contributed by atoms with E-state index in [4.69, 9.17) is 0 Å². The molecule has 2 N–H and O–H groups in total. The fourth-order valence-corrected chi connectivity index (χ4v) is 1.99. The Kier molecular flexibility index (Phi) is 4.36. The summed E-state index contributed by atoms with van der Waals surface area (Å²) >= 11 is 0. The standard InChI is InChI=1S/C12H19N5OS/c1-4-13-10-8-17-6-5-14-12(17)11(16-10)15-7-9(2)19(3)18/h5-6,8-9,13H,4,7H2,1-3H3,(H,15,16). The van der Waals surface area contributed by atoms with Gasteiger partial charge in [0.05, 0.1) is 6.20 Å². The number of nitrogens with one attached hydrogen (secondary N) is 2. The summed E-state index contributed by atoms with van der Waals surface area (Å²) in [6.45, 7) is 5.38. The van der Waals surface area contributed by atoms with Crippen molar-refractivity contribution in [1.82, 2.24) is 14.4 Å². The summed E-state index contributed by atoms with van der Waals surface area (Å²) in [5, 5.41) is 6.48. The van der Waals surface area contributed by atoms with Crippen LogP contribution in [-0.2, 0) is 10.8 Å². The maximum atomic E-state index is 11.4. The molecule has 2 aromatic heterocycles. The number of rotatable bonds is 6. The van der Waals surface area contributed by atoms with E-state index in [1.54, 1.807) is 12.5 Å². The molecule has 104 valence electrons. The van der Waals surface area contributed by atoms with E-state index >= 15 is 0 Å². The highest BCUT2D eigenvalue weighted by Crippen LogP contribution is 2.16. The predicted octanol–water partition coefficient (Wildman–Crippen LogP) is 1.34. The second-order valence-corrected chi connectivity index (χ2v) is 6.16. The fourth-order valence-electron chi connectivity index (χ4n) is 1.67. The third kappa shape index (κ3) is 3.23. The molecule has 0 spiro atoms. The first kappa shape index (κ1) is 13.8. The molecule has 6 nitrogen and oxygen atoms in total. The van der Waals surface area contributed by atoms with E-state index < -0.39 is 10.8 Å². The highest BCUT2D eigenvalue weighted by Gasteiger charge is 2.10. The number of hydrogen-bond donors (Lipinski definition) is 2. The zero-order chi connectivity index (χ0) is 13.8. The van der Waals surface area contributed by atoms with Crippen molar-refractivity contribution >= 4 is 28.1 Å². The summed E-state index contributed by atoms with van der Waals surface area (Å²) in [5.41, 5.74) is 0.774. The van der Waals surface area contributed by atoms with Gasteiger partial charge in [-0.2, -0.15) is 0 Å². The van der Waals surface area contributed by atoms with E-state index in [1.807, 2.05) is 30.6 Å². The maximum Gasteiger partial charge on any atom is 0.180 e. The molecule has 2 heterocycles. The van der Waals surface area contributed by atoms with Crippen molar-refractivity contribution in [2.45, 2.75) is 19.1 Å². The Balaban J connectivity index is 2.24. The number of fused-ring (bicyclic) bond motifs is 1. The van der Waals surface area contributed by atoms with Gasteiger partial charge in [-0.3, -0.25) is 4.21 Å². The Bertz CT molecular complexity index is 583. The van der Waals surface area contributed by atoms with Crippen LogP contribution in [0.5, 0.6) is 0 Å². The molecule has 2 unspecified atom stereocenters. The molecule has 0 saturated heterocycles. The molecule has 2 aromatic rings. The van der Waals surface area contributed by atoms with Gasteiger partial charge < -0.3 is 15.0 Å². The maximum absolute atomic E-state index is 11.4. The Hall–Kier alpha value is -1.63. The molecule has 0 aromatic carbocycles. The molecule has 0 bridgehead atoms. The van der Waals surface area contributed by atoms with Crippen LogP contribution in [0.2, 0.25) is 0 Å².